The molecule has 0 bridgehead atoms. The Morgan fingerprint density at radius 2 is 1.59 bits per heavy atom. The van der Waals surface area contributed by atoms with Crippen molar-refractivity contribution < 1.29 is 9.59 Å². The molecule has 7 nitrogen and oxygen atoms in total. The maximum Gasteiger partial charge on any atom is 0.253 e. The van der Waals surface area contributed by atoms with E-state index in [1.54, 1.807) is 7.05 Å². The second kappa shape index (κ2) is 14.6. The third kappa shape index (κ3) is 8.19. The first kappa shape index (κ1) is 30.8. The van der Waals surface area contributed by atoms with Crippen LogP contribution in [0.5, 0.6) is 0 Å². The minimum atomic E-state index is -0.101. The van der Waals surface area contributed by atoms with E-state index in [-0.39, 0.29) is 11.8 Å². The number of benzene rings is 1. The number of hydrogen-bond acceptors (Lipinski definition) is 4. The standard InChI is InChI=1S/C34H49N5O2/c1-25(2)15-21-38(22-16-26(3)4)34(41)29-17-23-39-31(24-29)30(10-9-20-37-18-7-6-8-19-37)32(36-39)27-11-13-28(14-12-27)33(40)35-5/h11-14,17,23-26H,6-10,15-16,18-22H2,1-5H3,(H,35,40). The second-order valence-corrected chi connectivity index (χ2v) is 12.4. The first-order valence-corrected chi connectivity index (χ1v) is 15.6. The first-order valence-electron chi connectivity index (χ1n) is 15.6. The van der Waals surface area contributed by atoms with E-state index in [9.17, 15) is 9.59 Å². The van der Waals surface area contributed by atoms with Gasteiger partial charge < -0.3 is 15.1 Å². The Morgan fingerprint density at radius 1 is 0.927 bits per heavy atom. The van der Waals surface area contributed by atoms with Crippen LogP contribution in [0.3, 0.4) is 0 Å². The fraction of sp³-hybridized carbons (Fsp3) is 0.559. The summed E-state index contributed by atoms with van der Waals surface area (Å²) in [6.07, 6.45) is 9.76. The predicted octanol–water partition coefficient (Wildman–Crippen LogP) is 6.31. The van der Waals surface area contributed by atoms with Crippen LogP contribution in [0.25, 0.3) is 16.8 Å². The van der Waals surface area contributed by atoms with E-state index >= 15 is 0 Å². The lowest BCUT2D eigenvalue weighted by Crippen LogP contribution is -2.34. The number of piperidine rings is 1. The monoisotopic (exact) mass is 559 g/mol. The van der Waals surface area contributed by atoms with Crippen molar-refractivity contribution in [3.63, 3.8) is 0 Å². The highest BCUT2D eigenvalue weighted by molar-refractivity contribution is 5.96. The van der Waals surface area contributed by atoms with Crippen molar-refractivity contribution >= 4 is 17.3 Å². The lowest BCUT2D eigenvalue weighted by atomic mass is 10.00. The molecule has 0 unspecified atom stereocenters. The smallest absolute Gasteiger partial charge is 0.253 e. The van der Waals surface area contributed by atoms with Crippen molar-refractivity contribution in [2.45, 2.75) is 72.6 Å². The maximum absolute atomic E-state index is 13.8. The minimum Gasteiger partial charge on any atom is -0.355 e. The Hall–Kier alpha value is -3.19. The molecule has 222 valence electrons. The van der Waals surface area contributed by atoms with Crippen LogP contribution in [0, 0.1) is 11.8 Å². The molecule has 3 heterocycles. The fourth-order valence-corrected chi connectivity index (χ4v) is 5.62. The summed E-state index contributed by atoms with van der Waals surface area (Å²) in [4.78, 5) is 30.5. The van der Waals surface area contributed by atoms with Crippen molar-refractivity contribution in [2.75, 3.05) is 39.8 Å². The zero-order valence-electron chi connectivity index (χ0n) is 25.8. The SMILES string of the molecule is CNC(=O)c1ccc(-c2nn3ccc(C(=O)N(CCC(C)C)CCC(C)C)cc3c2CCCN2CCCCC2)cc1. The molecule has 1 saturated heterocycles. The molecule has 1 fully saturated rings. The van der Waals surface area contributed by atoms with Gasteiger partial charge >= 0.3 is 0 Å². The highest BCUT2D eigenvalue weighted by Crippen LogP contribution is 2.29. The van der Waals surface area contributed by atoms with E-state index in [4.69, 9.17) is 5.10 Å². The topological polar surface area (TPSA) is 70.0 Å². The van der Waals surface area contributed by atoms with Gasteiger partial charge in [-0.05, 0) is 94.3 Å². The van der Waals surface area contributed by atoms with Gasteiger partial charge in [-0.25, -0.2) is 4.52 Å². The van der Waals surface area contributed by atoms with Crippen LogP contribution in [0.2, 0.25) is 0 Å². The van der Waals surface area contributed by atoms with Crippen LogP contribution in [0.4, 0.5) is 0 Å². The summed E-state index contributed by atoms with van der Waals surface area (Å²) in [6, 6.07) is 11.6. The van der Waals surface area contributed by atoms with Gasteiger partial charge in [0.15, 0.2) is 0 Å². The van der Waals surface area contributed by atoms with Crippen molar-refractivity contribution in [3.8, 4) is 11.3 Å². The van der Waals surface area contributed by atoms with Gasteiger partial charge in [0.1, 0.15) is 0 Å². The van der Waals surface area contributed by atoms with E-state index in [2.05, 4.69) is 37.9 Å². The average molecular weight is 560 g/mol. The van der Waals surface area contributed by atoms with Gasteiger partial charge in [0.2, 0.25) is 0 Å². The molecule has 1 N–H and O–H groups in total. The van der Waals surface area contributed by atoms with E-state index in [1.165, 1.54) is 37.9 Å². The molecule has 0 aliphatic carbocycles. The average Bonchev–Trinajstić information content (AvgIpc) is 3.34. The normalized spacial score (nSPS) is 14.2. The fourth-order valence-electron chi connectivity index (χ4n) is 5.62. The zero-order valence-corrected chi connectivity index (χ0v) is 25.8. The summed E-state index contributed by atoms with van der Waals surface area (Å²) in [7, 11) is 1.64. The van der Waals surface area contributed by atoms with Crippen LogP contribution in [0.1, 0.15) is 92.5 Å². The summed E-state index contributed by atoms with van der Waals surface area (Å²) in [6.45, 7) is 13.8. The van der Waals surface area contributed by atoms with E-state index in [1.807, 2.05) is 52.0 Å². The molecule has 7 heteroatoms. The number of carbonyl (C=O) groups excluding carboxylic acids is 2. The number of likely N-dealkylation sites (tertiary alicyclic amines) is 1. The molecule has 1 aliphatic rings. The van der Waals surface area contributed by atoms with Crippen molar-refractivity contribution in [2.24, 2.45) is 11.8 Å². The van der Waals surface area contributed by atoms with Crippen molar-refractivity contribution in [1.82, 2.24) is 24.7 Å². The Bertz CT molecular complexity index is 1280. The minimum absolute atomic E-state index is 0.101. The van der Waals surface area contributed by atoms with E-state index in [0.29, 0.717) is 17.4 Å². The van der Waals surface area contributed by atoms with E-state index in [0.717, 1.165) is 67.7 Å². The van der Waals surface area contributed by atoms with Gasteiger partial charge in [-0.15, -0.1) is 0 Å². The van der Waals surface area contributed by atoms with Crippen LogP contribution in [-0.2, 0) is 6.42 Å². The molecule has 1 aromatic carbocycles. The summed E-state index contributed by atoms with van der Waals surface area (Å²) in [5.74, 6) is 1.10. The summed E-state index contributed by atoms with van der Waals surface area (Å²) in [5, 5.41) is 7.67. The molecule has 2 amide bonds. The molecular weight excluding hydrogens is 510 g/mol. The molecule has 41 heavy (non-hydrogen) atoms. The van der Waals surface area contributed by atoms with Crippen molar-refractivity contribution in [3.05, 3.63) is 59.3 Å². The largest absolute Gasteiger partial charge is 0.355 e. The highest BCUT2D eigenvalue weighted by atomic mass is 16.2. The summed E-state index contributed by atoms with van der Waals surface area (Å²) >= 11 is 0. The predicted molar refractivity (Wildman–Crippen MR) is 167 cm³/mol. The molecule has 0 spiro atoms. The van der Waals surface area contributed by atoms with Gasteiger partial charge in [0.05, 0.1) is 11.2 Å². The highest BCUT2D eigenvalue weighted by Gasteiger charge is 2.21. The molecule has 4 rings (SSSR count). The first-order chi connectivity index (χ1) is 19.8. The number of nitrogens with one attached hydrogen (secondary N) is 1. The van der Waals surface area contributed by atoms with Gasteiger partial charge in [-0.3, -0.25) is 9.59 Å². The van der Waals surface area contributed by atoms with Crippen LogP contribution in [0.15, 0.2) is 42.6 Å². The number of amides is 2. The Labute approximate surface area is 246 Å². The Kier molecular flexibility index (Phi) is 11.0. The third-order valence-electron chi connectivity index (χ3n) is 8.22. The second-order valence-electron chi connectivity index (χ2n) is 12.4. The van der Waals surface area contributed by atoms with Crippen LogP contribution in [-0.4, -0.2) is 71.0 Å². The maximum atomic E-state index is 13.8. The van der Waals surface area contributed by atoms with Crippen LogP contribution < -0.4 is 5.32 Å². The van der Waals surface area contributed by atoms with Gasteiger partial charge in [0, 0.05) is 48.6 Å². The molecular formula is C34H49N5O2. The number of hydrogen-bond donors (Lipinski definition) is 1. The molecule has 0 radical (unpaired) electrons. The Balaban J connectivity index is 1.66. The van der Waals surface area contributed by atoms with Gasteiger partial charge in [0.25, 0.3) is 11.8 Å². The number of rotatable bonds is 13. The number of aryl methyl sites for hydroxylation is 1. The molecule has 3 aromatic rings. The lowest BCUT2D eigenvalue weighted by Gasteiger charge is -2.26. The summed E-state index contributed by atoms with van der Waals surface area (Å²) in [5.41, 5.74) is 5.42. The quantitative estimate of drug-likeness (QED) is 0.266. The number of aromatic nitrogens is 2. The zero-order chi connectivity index (χ0) is 29.4. The van der Waals surface area contributed by atoms with E-state index < -0.39 is 0 Å². The number of carbonyl (C=O) groups is 2. The van der Waals surface area contributed by atoms with Crippen LogP contribution >= 0.6 is 0 Å². The summed E-state index contributed by atoms with van der Waals surface area (Å²) < 4.78 is 1.92. The number of fused-ring (bicyclic) bond motifs is 1. The lowest BCUT2D eigenvalue weighted by molar-refractivity contribution is 0.0740. The molecule has 2 aromatic heterocycles. The number of nitrogens with zero attached hydrogens (tertiary/aromatic N) is 4. The van der Waals surface area contributed by atoms with Gasteiger partial charge in [-0.1, -0.05) is 46.2 Å². The molecule has 0 saturated carbocycles. The molecule has 0 atom stereocenters. The molecule has 1 aliphatic heterocycles. The van der Waals surface area contributed by atoms with Gasteiger partial charge in [-0.2, -0.15) is 5.10 Å². The third-order valence-corrected chi connectivity index (χ3v) is 8.22. The Morgan fingerprint density at radius 3 is 2.20 bits per heavy atom. The van der Waals surface area contributed by atoms with Crippen molar-refractivity contribution in [1.29, 1.82) is 0 Å². The number of pyridine rings is 1.